The van der Waals surface area contributed by atoms with Gasteiger partial charge in [0.05, 0.1) is 0 Å². The molecule has 2 fully saturated rings. The minimum atomic E-state index is 0.192. The minimum absolute atomic E-state index is 0.192. The Morgan fingerprint density at radius 3 is 2.42 bits per heavy atom. The van der Waals surface area contributed by atoms with Gasteiger partial charge in [-0.25, -0.2) is 0 Å². The standard InChI is InChI=1S/C16H23ClN2/c17-13-5-6-15(19-9-2-1-3-10-19)14(11-13)16(12-18)7-4-8-16/h5-6,11H,1-4,7-10,12,18H2. The zero-order chi connectivity index (χ0) is 13.3. The quantitative estimate of drug-likeness (QED) is 0.913. The summed E-state index contributed by atoms with van der Waals surface area (Å²) in [5.74, 6) is 0. The summed E-state index contributed by atoms with van der Waals surface area (Å²) in [7, 11) is 0. The number of hydrogen-bond acceptors (Lipinski definition) is 2. The van der Waals surface area contributed by atoms with E-state index in [4.69, 9.17) is 17.3 Å². The number of nitrogens with two attached hydrogens (primary N) is 1. The van der Waals surface area contributed by atoms with Crippen molar-refractivity contribution < 1.29 is 0 Å². The Balaban J connectivity index is 1.98. The smallest absolute Gasteiger partial charge is 0.0410 e. The molecule has 1 aliphatic carbocycles. The number of anilines is 1. The molecule has 1 aromatic rings. The van der Waals surface area contributed by atoms with Crippen LogP contribution in [0.3, 0.4) is 0 Å². The summed E-state index contributed by atoms with van der Waals surface area (Å²) in [4.78, 5) is 2.53. The summed E-state index contributed by atoms with van der Waals surface area (Å²) in [5, 5.41) is 0.843. The molecule has 0 bridgehead atoms. The Morgan fingerprint density at radius 1 is 1.11 bits per heavy atom. The predicted molar refractivity (Wildman–Crippen MR) is 82.1 cm³/mol. The third kappa shape index (κ3) is 2.36. The van der Waals surface area contributed by atoms with Crippen molar-refractivity contribution in [1.82, 2.24) is 0 Å². The molecule has 2 aliphatic rings. The van der Waals surface area contributed by atoms with E-state index in [9.17, 15) is 0 Å². The molecule has 1 aliphatic heterocycles. The van der Waals surface area contributed by atoms with E-state index in [-0.39, 0.29) is 5.41 Å². The van der Waals surface area contributed by atoms with Gasteiger partial charge >= 0.3 is 0 Å². The van der Waals surface area contributed by atoms with Crippen molar-refractivity contribution in [3.8, 4) is 0 Å². The second-order valence-electron chi connectivity index (χ2n) is 6.05. The van der Waals surface area contributed by atoms with E-state index in [0.29, 0.717) is 0 Å². The highest BCUT2D eigenvalue weighted by Gasteiger charge is 2.39. The van der Waals surface area contributed by atoms with Crippen molar-refractivity contribution in [2.45, 2.75) is 43.9 Å². The Hall–Kier alpha value is -0.730. The van der Waals surface area contributed by atoms with Crippen LogP contribution in [-0.4, -0.2) is 19.6 Å². The fourth-order valence-electron chi connectivity index (χ4n) is 3.53. The lowest BCUT2D eigenvalue weighted by molar-refractivity contribution is 0.253. The molecule has 104 valence electrons. The van der Waals surface area contributed by atoms with Crippen molar-refractivity contribution >= 4 is 17.3 Å². The van der Waals surface area contributed by atoms with Gasteiger partial charge < -0.3 is 10.6 Å². The molecule has 19 heavy (non-hydrogen) atoms. The number of benzene rings is 1. The number of nitrogens with zero attached hydrogens (tertiary/aromatic N) is 1. The Labute approximate surface area is 120 Å². The lowest BCUT2D eigenvalue weighted by Crippen LogP contribution is -2.43. The van der Waals surface area contributed by atoms with Crippen molar-refractivity contribution in [1.29, 1.82) is 0 Å². The average Bonchev–Trinajstić information content (AvgIpc) is 2.39. The second kappa shape index (κ2) is 5.34. The molecule has 2 N–H and O–H groups in total. The van der Waals surface area contributed by atoms with Gasteiger partial charge in [-0.3, -0.25) is 0 Å². The van der Waals surface area contributed by atoms with Crippen LogP contribution in [-0.2, 0) is 5.41 Å². The third-order valence-corrected chi connectivity index (χ3v) is 5.16. The molecule has 1 heterocycles. The molecule has 0 amide bonds. The fourth-order valence-corrected chi connectivity index (χ4v) is 3.70. The van der Waals surface area contributed by atoms with E-state index >= 15 is 0 Å². The van der Waals surface area contributed by atoms with Crippen LogP contribution < -0.4 is 10.6 Å². The van der Waals surface area contributed by atoms with Crippen molar-refractivity contribution in [3.63, 3.8) is 0 Å². The van der Waals surface area contributed by atoms with Gasteiger partial charge in [-0.05, 0) is 55.9 Å². The van der Waals surface area contributed by atoms with E-state index in [1.165, 1.54) is 62.9 Å². The lowest BCUT2D eigenvalue weighted by Gasteiger charge is -2.44. The van der Waals surface area contributed by atoms with Crippen LogP contribution in [0.15, 0.2) is 18.2 Å². The summed E-state index contributed by atoms with van der Waals surface area (Å²) in [6.07, 6.45) is 7.69. The fraction of sp³-hybridized carbons (Fsp3) is 0.625. The number of rotatable bonds is 3. The van der Waals surface area contributed by atoms with Gasteiger partial charge in [-0.1, -0.05) is 18.0 Å². The first-order valence-corrected chi connectivity index (χ1v) is 7.88. The van der Waals surface area contributed by atoms with Crippen molar-refractivity contribution in [2.75, 3.05) is 24.5 Å². The van der Waals surface area contributed by atoms with Crippen molar-refractivity contribution in [2.24, 2.45) is 5.73 Å². The summed E-state index contributed by atoms with van der Waals surface area (Å²) in [5.41, 5.74) is 9.06. The highest BCUT2D eigenvalue weighted by molar-refractivity contribution is 6.30. The van der Waals surface area contributed by atoms with Gasteiger partial charge in [-0.2, -0.15) is 0 Å². The maximum Gasteiger partial charge on any atom is 0.0410 e. The van der Waals surface area contributed by atoms with Gasteiger partial charge in [0.2, 0.25) is 0 Å². The van der Waals surface area contributed by atoms with E-state index in [0.717, 1.165) is 11.6 Å². The van der Waals surface area contributed by atoms with E-state index in [2.05, 4.69) is 17.0 Å². The van der Waals surface area contributed by atoms with E-state index < -0.39 is 0 Å². The van der Waals surface area contributed by atoms with Crippen LogP contribution in [0.4, 0.5) is 5.69 Å². The molecule has 0 unspecified atom stereocenters. The molecular formula is C16H23ClN2. The largest absolute Gasteiger partial charge is 0.371 e. The molecule has 1 aromatic carbocycles. The number of piperidine rings is 1. The highest BCUT2D eigenvalue weighted by atomic mass is 35.5. The van der Waals surface area contributed by atoms with E-state index in [1.807, 2.05) is 6.07 Å². The summed E-state index contributed by atoms with van der Waals surface area (Å²) >= 11 is 6.24. The van der Waals surface area contributed by atoms with Crippen LogP contribution in [0, 0.1) is 0 Å². The lowest BCUT2D eigenvalue weighted by atomic mass is 9.64. The molecule has 0 spiro atoms. The maximum absolute atomic E-state index is 6.24. The van der Waals surface area contributed by atoms with Gasteiger partial charge in [0.1, 0.15) is 0 Å². The average molecular weight is 279 g/mol. The summed E-state index contributed by atoms with van der Waals surface area (Å²) in [6.45, 7) is 3.10. The van der Waals surface area contributed by atoms with Crippen LogP contribution >= 0.6 is 11.6 Å². The normalized spacial score (nSPS) is 22.1. The molecule has 0 atom stereocenters. The minimum Gasteiger partial charge on any atom is -0.371 e. The zero-order valence-corrected chi connectivity index (χ0v) is 12.3. The zero-order valence-electron chi connectivity index (χ0n) is 11.5. The first-order valence-electron chi connectivity index (χ1n) is 7.50. The van der Waals surface area contributed by atoms with Crippen LogP contribution in [0.1, 0.15) is 44.1 Å². The maximum atomic E-state index is 6.24. The topological polar surface area (TPSA) is 29.3 Å². The van der Waals surface area contributed by atoms with Crippen LogP contribution in [0.2, 0.25) is 5.02 Å². The van der Waals surface area contributed by atoms with Gasteiger partial charge in [0.25, 0.3) is 0 Å². The monoisotopic (exact) mass is 278 g/mol. The van der Waals surface area contributed by atoms with Crippen molar-refractivity contribution in [3.05, 3.63) is 28.8 Å². The Kier molecular flexibility index (Phi) is 3.72. The first kappa shape index (κ1) is 13.3. The van der Waals surface area contributed by atoms with Crippen LogP contribution in [0.5, 0.6) is 0 Å². The van der Waals surface area contributed by atoms with Gasteiger partial charge in [0.15, 0.2) is 0 Å². The third-order valence-electron chi connectivity index (χ3n) is 4.93. The molecule has 3 rings (SSSR count). The molecule has 1 saturated heterocycles. The van der Waals surface area contributed by atoms with Gasteiger partial charge in [0, 0.05) is 35.8 Å². The highest BCUT2D eigenvalue weighted by Crippen LogP contribution is 2.47. The second-order valence-corrected chi connectivity index (χ2v) is 6.48. The summed E-state index contributed by atoms with van der Waals surface area (Å²) in [6, 6.07) is 6.40. The molecule has 0 radical (unpaired) electrons. The number of hydrogen-bond donors (Lipinski definition) is 1. The SMILES string of the molecule is NCC1(c2cc(Cl)ccc2N2CCCCC2)CCC1. The number of halogens is 1. The molecule has 1 saturated carbocycles. The van der Waals surface area contributed by atoms with E-state index in [1.54, 1.807) is 0 Å². The van der Waals surface area contributed by atoms with Crippen LogP contribution in [0.25, 0.3) is 0 Å². The predicted octanol–water partition coefficient (Wildman–Crippen LogP) is 3.71. The molecular weight excluding hydrogens is 256 g/mol. The first-order chi connectivity index (χ1) is 9.25. The summed E-state index contributed by atoms with van der Waals surface area (Å²) < 4.78 is 0. The Morgan fingerprint density at radius 2 is 1.84 bits per heavy atom. The molecule has 3 heteroatoms. The van der Waals surface area contributed by atoms with Gasteiger partial charge in [-0.15, -0.1) is 0 Å². The molecule has 2 nitrogen and oxygen atoms in total. The Bertz CT molecular complexity index is 443. The molecule has 0 aromatic heterocycles.